The summed E-state index contributed by atoms with van der Waals surface area (Å²) in [6, 6.07) is 5.55. The lowest BCUT2D eigenvalue weighted by Gasteiger charge is -2.15. The summed E-state index contributed by atoms with van der Waals surface area (Å²) in [6.45, 7) is 1.89. The van der Waals surface area contributed by atoms with Gasteiger partial charge in [0.15, 0.2) is 0 Å². The first-order valence-corrected chi connectivity index (χ1v) is 6.10. The lowest BCUT2D eigenvalue weighted by atomic mass is 10.0. The highest BCUT2D eigenvalue weighted by molar-refractivity contribution is 5.28. The van der Waals surface area contributed by atoms with E-state index in [0.29, 0.717) is 12.0 Å². The van der Waals surface area contributed by atoms with Crippen LogP contribution in [0.4, 0.5) is 13.2 Å². The van der Waals surface area contributed by atoms with Crippen molar-refractivity contribution in [1.82, 2.24) is 5.32 Å². The van der Waals surface area contributed by atoms with Gasteiger partial charge in [-0.2, -0.15) is 13.2 Å². The van der Waals surface area contributed by atoms with E-state index in [9.17, 15) is 13.2 Å². The highest BCUT2D eigenvalue weighted by Crippen LogP contribution is 2.29. The van der Waals surface area contributed by atoms with Crippen molar-refractivity contribution < 1.29 is 13.2 Å². The van der Waals surface area contributed by atoms with E-state index in [1.54, 1.807) is 6.07 Å². The molecule has 1 fully saturated rings. The van der Waals surface area contributed by atoms with Gasteiger partial charge in [0.05, 0.1) is 5.56 Å². The lowest BCUT2D eigenvalue weighted by Crippen LogP contribution is -2.23. The van der Waals surface area contributed by atoms with E-state index in [1.165, 1.54) is 17.7 Å². The van der Waals surface area contributed by atoms with E-state index in [4.69, 9.17) is 0 Å². The molecule has 0 saturated carbocycles. The van der Waals surface area contributed by atoms with Crippen molar-refractivity contribution in [1.29, 1.82) is 0 Å². The molecule has 1 aromatic rings. The van der Waals surface area contributed by atoms with Crippen LogP contribution in [0.25, 0.3) is 0 Å². The summed E-state index contributed by atoms with van der Waals surface area (Å²) < 4.78 is 37.6. The second-order valence-corrected chi connectivity index (χ2v) is 4.54. The molecule has 0 bridgehead atoms. The first-order chi connectivity index (χ1) is 8.55. The number of alkyl halides is 3. The van der Waals surface area contributed by atoms with Crippen LogP contribution in [0.2, 0.25) is 0 Å². The van der Waals surface area contributed by atoms with Gasteiger partial charge in [-0.1, -0.05) is 29.8 Å². The van der Waals surface area contributed by atoms with Crippen LogP contribution in [0.15, 0.2) is 35.9 Å². The summed E-state index contributed by atoms with van der Waals surface area (Å²) in [5, 5.41) is 3.26. The molecule has 1 heterocycles. The lowest BCUT2D eigenvalue weighted by molar-refractivity contribution is -0.137. The number of halogens is 3. The second-order valence-electron chi connectivity index (χ2n) is 4.54. The molecule has 1 aromatic carbocycles. The third-order valence-corrected chi connectivity index (χ3v) is 3.08. The highest BCUT2D eigenvalue weighted by Gasteiger charge is 2.30. The van der Waals surface area contributed by atoms with Gasteiger partial charge in [0.25, 0.3) is 0 Å². The van der Waals surface area contributed by atoms with Crippen LogP contribution in [0, 0.1) is 0 Å². The maximum atomic E-state index is 12.5. The van der Waals surface area contributed by atoms with Crippen molar-refractivity contribution in [3.63, 3.8) is 0 Å². The molecule has 0 unspecified atom stereocenters. The number of benzene rings is 1. The first-order valence-electron chi connectivity index (χ1n) is 6.10. The van der Waals surface area contributed by atoms with Crippen molar-refractivity contribution in [3.05, 3.63) is 47.0 Å². The van der Waals surface area contributed by atoms with Gasteiger partial charge in [0.1, 0.15) is 0 Å². The molecule has 1 N–H and O–H groups in total. The van der Waals surface area contributed by atoms with Crippen LogP contribution in [-0.2, 0) is 12.6 Å². The summed E-state index contributed by atoms with van der Waals surface area (Å²) in [5.41, 5.74) is 1.43. The van der Waals surface area contributed by atoms with Crippen LogP contribution in [-0.4, -0.2) is 13.1 Å². The molecule has 0 aromatic heterocycles. The van der Waals surface area contributed by atoms with Crippen LogP contribution < -0.4 is 5.32 Å². The first kappa shape index (κ1) is 13.1. The van der Waals surface area contributed by atoms with Gasteiger partial charge in [-0.15, -0.1) is 0 Å². The van der Waals surface area contributed by atoms with E-state index < -0.39 is 11.7 Å². The van der Waals surface area contributed by atoms with Gasteiger partial charge in [0, 0.05) is 6.54 Å². The second kappa shape index (κ2) is 5.57. The summed E-state index contributed by atoms with van der Waals surface area (Å²) in [6.07, 6.45) is 0.512. The van der Waals surface area contributed by atoms with E-state index in [0.717, 1.165) is 32.0 Å². The Labute approximate surface area is 105 Å². The number of piperidine rings is 1. The largest absolute Gasteiger partial charge is 0.416 e. The Morgan fingerprint density at radius 3 is 2.78 bits per heavy atom. The fourth-order valence-corrected chi connectivity index (χ4v) is 2.09. The Balaban J connectivity index is 2.05. The zero-order valence-electron chi connectivity index (χ0n) is 10.1. The van der Waals surface area contributed by atoms with Crippen LogP contribution in [0.1, 0.15) is 24.0 Å². The van der Waals surface area contributed by atoms with Crippen LogP contribution in [0.5, 0.6) is 0 Å². The molecule has 0 amide bonds. The minimum atomic E-state index is -4.25. The Morgan fingerprint density at radius 2 is 2.11 bits per heavy atom. The van der Waals surface area contributed by atoms with Gasteiger partial charge in [-0.3, -0.25) is 0 Å². The monoisotopic (exact) mass is 255 g/mol. The minimum Gasteiger partial charge on any atom is -0.313 e. The number of allylic oxidation sites excluding steroid dienone is 1. The molecule has 0 radical (unpaired) electrons. The fraction of sp³-hybridized carbons (Fsp3) is 0.429. The molecule has 0 spiro atoms. The molecule has 1 aliphatic heterocycles. The summed E-state index contributed by atoms with van der Waals surface area (Å²) in [7, 11) is 0. The zero-order chi connectivity index (χ0) is 13.0. The molecule has 1 saturated heterocycles. The van der Waals surface area contributed by atoms with E-state index in [2.05, 4.69) is 5.32 Å². The van der Waals surface area contributed by atoms with Crippen molar-refractivity contribution in [2.24, 2.45) is 0 Å². The zero-order valence-corrected chi connectivity index (χ0v) is 10.1. The SMILES string of the molecule is FC(F)(F)c1cccc(C/C=C2/CCCNC2)c1. The molecule has 1 nitrogen and oxygen atoms in total. The summed E-state index contributed by atoms with van der Waals surface area (Å²) >= 11 is 0. The van der Waals surface area contributed by atoms with Gasteiger partial charge >= 0.3 is 6.18 Å². The summed E-state index contributed by atoms with van der Waals surface area (Å²) in [5.74, 6) is 0. The highest BCUT2D eigenvalue weighted by atomic mass is 19.4. The van der Waals surface area contributed by atoms with Gasteiger partial charge < -0.3 is 5.32 Å². The molecular weight excluding hydrogens is 239 g/mol. The van der Waals surface area contributed by atoms with Gasteiger partial charge in [-0.25, -0.2) is 0 Å². The maximum absolute atomic E-state index is 12.5. The van der Waals surface area contributed by atoms with Crippen molar-refractivity contribution >= 4 is 0 Å². The van der Waals surface area contributed by atoms with Crippen molar-refractivity contribution in [2.45, 2.75) is 25.4 Å². The standard InChI is InChI=1S/C14H16F3N/c15-14(16,17)13-5-1-3-11(9-13)6-7-12-4-2-8-18-10-12/h1,3,5,7,9,18H,2,4,6,8,10H2/b12-7-. The van der Waals surface area contributed by atoms with Gasteiger partial charge in [0.2, 0.25) is 0 Å². The molecule has 98 valence electrons. The molecule has 0 atom stereocenters. The van der Waals surface area contributed by atoms with E-state index >= 15 is 0 Å². The average molecular weight is 255 g/mol. The third kappa shape index (κ3) is 3.60. The minimum absolute atomic E-state index is 0.569. The average Bonchev–Trinajstić information content (AvgIpc) is 2.37. The van der Waals surface area contributed by atoms with Crippen LogP contribution in [0.3, 0.4) is 0 Å². The Kier molecular flexibility index (Phi) is 4.07. The van der Waals surface area contributed by atoms with E-state index in [1.807, 2.05) is 6.08 Å². The normalized spacial score (nSPS) is 19.2. The van der Waals surface area contributed by atoms with Crippen LogP contribution >= 0.6 is 0 Å². The van der Waals surface area contributed by atoms with Gasteiger partial charge in [-0.05, 0) is 37.4 Å². The fourth-order valence-electron chi connectivity index (χ4n) is 2.09. The third-order valence-electron chi connectivity index (χ3n) is 3.08. The number of rotatable bonds is 2. The smallest absolute Gasteiger partial charge is 0.313 e. The molecule has 1 aliphatic rings. The molecule has 18 heavy (non-hydrogen) atoms. The number of hydrogen-bond donors (Lipinski definition) is 1. The Hall–Kier alpha value is -1.29. The topological polar surface area (TPSA) is 12.0 Å². The molecule has 2 rings (SSSR count). The number of nitrogens with one attached hydrogen (secondary N) is 1. The predicted molar refractivity (Wildman–Crippen MR) is 65.3 cm³/mol. The van der Waals surface area contributed by atoms with E-state index in [-0.39, 0.29) is 0 Å². The summed E-state index contributed by atoms with van der Waals surface area (Å²) in [4.78, 5) is 0. The van der Waals surface area contributed by atoms with Crippen molar-refractivity contribution in [2.75, 3.05) is 13.1 Å². The number of hydrogen-bond acceptors (Lipinski definition) is 1. The molecular formula is C14H16F3N. The molecule has 0 aliphatic carbocycles. The maximum Gasteiger partial charge on any atom is 0.416 e. The Bertz CT molecular complexity index is 427. The quantitative estimate of drug-likeness (QED) is 0.797. The molecule has 4 heteroatoms. The Morgan fingerprint density at radius 1 is 1.28 bits per heavy atom. The van der Waals surface area contributed by atoms with Crippen molar-refractivity contribution in [3.8, 4) is 0 Å². The predicted octanol–water partition coefficient (Wildman–Crippen LogP) is 3.56.